The van der Waals surface area contributed by atoms with Crippen LogP contribution in [0.3, 0.4) is 0 Å². The molecule has 110 valence electrons. The summed E-state index contributed by atoms with van der Waals surface area (Å²) in [7, 11) is 0. The molecule has 1 aromatic carbocycles. The van der Waals surface area contributed by atoms with Crippen LogP contribution in [0.1, 0.15) is 26.3 Å². The van der Waals surface area contributed by atoms with E-state index in [1.807, 2.05) is 26.8 Å². The van der Waals surface area contributed by atoms with E-state index >= 15 is 0 Å². The molecule has 0 saturated carbocycles. The van der Waals surface area contributed by atoms with Crippen LogP contribution in [0.25, 0.3) is 0 Å². The molecule has 0 aliphatic carbocycles. The molecule has 0 N–H and O–H groups in total. The zero-order valence-electron chi connectivity index (χ0n) is 12.0. The quantitative estimate of drug-likeness (QED) is 0.826. The van der Waals surface area contributed by atoms with Crippen molar-refractivity contribution in [3.8, 4) is 0 Å². The Morgan fingerprint density at radius 3 is 2.76 bits per heavy atom. The number of carbonyl (C=O) groups is 1. The molecule has 1 aromatic heterocycles. The molecule has 2 aromatic rings. The van der Waals surface area contributed by atoms with Gasteiger partial charge in [-0.2, -0.15) is 0 Å². The van der Waals surface area contributed by atoms with Gasteiger partial charge in [-0.1, -0.05) is 22.9 Å². The first-order valence-corrected chi connectivity index (χ1v) is 7.53. The molecular formula is C15H15BrFN3O. The van der Waals surface area contributed by atoms with Crippen LogP contribution in [0.4, 0.5) is 16.0 Å². The maximum absolute atomic E-state index is 14.5. The molecule has 0 fully saturated rings. The van der Waals surface area contributed by atoms with Crippen LogP contribution in [0.5, 0.6) is 0 Å². The second-order valence-electron chi connectivity index (χ2n) is 5.55. The highest BCUT2D eigenvalue weighted by Gasteiger charge is 2.46. The average molecular weight is 352 g/mol. The lowest BCUT2D eigenvalue weighted by Crippen LogP contribution is -2.36. The Kier molecular flexibility index (Phi) is 3.16. The second-order valence-corrected chi connectivity index (χ2v) is 6.46. The van der Waals surface area contributed by atoms with Crippen molar-refractivity contribution >= 4 is 33.5 Å². The highest BCUT2D eigenvalue weighted by Crippen LogP contribution is 2.41. The van der Waals surface area contributed by atoms with E-state index in [1.165, 1.54) is 11.0 Å². The van der Waals surface area contributed by atoms with E-state index in [0.29, 0.717) is 22.5 Å². The van der Waals surface area contributed by atoms with E-state index in [0.717, 1.165) is 5.56 Å². The van der Waals surface area contributed by atoms with Crippen LogP contribution in [-0.2, 0) is 16.8 Å². The molecule has 0 atom stereocenters. The van der Waals surface area contributed by atoms with Gasteiger partial charge in [0.2, 0.25) is 5.95 Å². The molecular weight excluding hydrogens is 337 g/mol. The maximum Gasteiger partial charge on any atom is 0.259 e. The van der Waals surface area contributed by atoms with Gasteiger partial charge in [0, 0.05) is 16.9 Å². The standard InChI is InChI=1S/C15H15BrFN3O/c1-4-9-7-10(16)8-11(17)12(9)20-13(21)15(2,3)19-6-5-18-14(19)20/h5-8H,4H2,1-3H3. The smallest absolute Gasteiger partial charge is 0.259 e. The fourth-order valence-corrected chi connectivity index (χ4v) is 3.18. The number of benzene rings is 1. The van der Waals surface area contributed by atoms with Gasteiger partial charge in [0.1, 0.15) is 11.4 Å². The van der Waals surface area contributed by atoms with Crippen molar-refractivity contribution in [2.24, 2.45) is 0 Å². The molecule has 1 aliphatic heterocycles. The number of carbonyl (C=O) groups excluding carboxylic acids is 1. The number of hydrogen-bond donors (Lipinski definition) is 0. The lowest BCUT2D eigenvalue weighted by atomic mass is 10.0. The van der Waals surface area contributed by atoms with Gasteiger partial charge in [-0.05, 0) is 38.0 Å². The maximum atomic E-state index is 14.5. The van der Waals surface area contributed by atoms with Gasteiger partial charge < -0.3 is 4.57 Å². The van der Waals surface area contributed by atoms with E-state index in [1.54, 1.807) is 17.0 Å². The Morgan fingerprint density at radius 1 is 1.38 bits per heavy atom. The van der Waals surface area contributed by atoms with Gasteiger partial charge in [-0.15, -0.1) is 0 Å². The highest BCUT2D eigenvalue weighted by molar-refractivity contribution is 9.10. The third-order valence-corrected chi connectivity index (χ3v) is 4.32. The Balaban J connectivity index is 2.26. The average Bonchev–Trinajstić information content (AvgIpc) is 2.95. The monoisotopic (exact) mass is 351 g/mol. The number of anilines is 2. The molecule has 1 amide bonds. The van der Waals surface area contributed by atoms with Crippen LogP contribution in [-0.4, -0.2) is 15.5 Å². The van der Waals surface area contributed by atoms with E-state index in [2.05, 4.69) is 20.9 Å². The lowest BCUT2D eigenvalue weighted by molar-refractivity contribution is -0.123. The van der Waals surface area contributed by atoms with E-state index in [4.69, 9.17) is 0 Å². The largest absolute Gasteiger partial charge is 0.302 e. The van der Waals surface area contributed by atoms with Crippen LogP contribution < -0.4 is 4.90 Å². The minimum atomic E-state index is -0.768. The van der Waals surface area contributed by atoms with E-state index in [9.17, 15) is 9.18 Å². The summed E-state index contributed by atoms with van der Waals surface area (Å²) in [5, 5.41) is 0. The minimum Gasteiger partial charge on any atom is -0.302 e. The third-order valence-electron chi connectivity index (χ3n) is 3.86. The number of aryl methyl sites for hydroxylation is 1. The Bertz CT molecular complexity index is 739. The number of nitrogens with zero attached hydrogens (tertiary/aromatic N) is 3. The molecule has 0 unspecified atom stereocenters. The molecule has 0 bridgehead atoms. The fourth-order valence-electron chi connectivity index (χ4n) is 2.71. The summed E-state index contributed by atoms with van der Waals surface area (Å²) in [5.41, 5.74) is 0.294. The molecule has 3 rings (SSSR count). The summed E-state index contributed by atoms with van der Waals surface area (Å²) in [6.45, 7) is 5.55. The first kappa shape index (κ1) is 14.3. The summed E-state index contributed by atoms with van der Waals surface area (Å²) in [6.07, 6.45) is 3.99. The van der Waals surface area contributed by atoms with Crippen molar-refractivity contribution in [3.63, 3.8) is 0 Å². The first-order chi connectivity index (χ1) is 9.87. The summed E-state index contributed by atoms with van der Waals surface area (Å²) < 4.78 is 17.0. The van der Waals surface area contributed by atoms with Crippen molar-refractivity contribution < 1.29 is 9.18 Å². The SMILES string of the molecule is CCc1cc(Br)cc(F)c1N1C(=O)C(C)(C)n2ccnc21. The van der Waals surface area contributed by atoms with Crippen molar-refractivity contribution in [1.82, 2.24) is 9.55 Å². The summed E-state index contributed by atoms with van der Waals surface area (Å²) >= 11 is 3.29. The number of aromatic nitrogens is 2. The van der Waals surface area contributed by atoms with E-state index < -0.39 is 11.4 Å². The normalized spacial score (nSPS) is 16.4. The van der Waals surface area contributed by atoms with Crippen LogP contribution in [0, 0.1) is 5.82 Å². The van der Waals surface area contributed by atoms with Gasteiger partial charge in [-0.3, -0.25) is 4.79 Å². The van der Waals surface area contributed by atoms with Crippen LogP contribution in [0.15, 0.2) is 29.0 Å². The first-order valence-electron chi connectivity index (χ1n) is 6.74. The Morgan fingerprint density at radius 2 is 2.10 bits per heavy atom. The minimum absolute atomic E-state index is 0.179. The predicted molar refractivity (Wildman–Crippen MR) is 82.2 cm³/mol. The van der Waals surface area contributed by atoms with Gasteiger partial charge in [0.25, 0.3) is 5.91 Å². The molecule has 2 heterocycles. The van der Waals surface area contributed by atoms with Gasteiger partial charge in [-0.25, -0.2) is 14.3 Å². The predicted octanol–water partition coefficient (Wildman–Crippen LogP) is 3.76. The number of imidazole rings is 1. The number of fused-ring (bicyclic) bond motifs is 1. The molecule has 0 saturated heterocycles. The lowest BCUT2D eigenvalue weighted by Gasteiger charge is -2.22. The number of rotatable bonds is 2. The zero-order valence-corrected chi connectivity index (χ0v) is 13.6. The molecule has 0 radical (unpaired) electrons. The highest BCUT2D eigenvalue weighted by atomic mass is 79.9. The van der Waals surface area contributed by atoms with Crippen molar-refractivity contribution in [3.05, 3.63) is 40.4 Å². The number of hydrogen-bond acceptors (Lipinski definition) is 2. The second kappa shape index (κ2) is 4.66. The third kappa shape index (κ3) is 1.92. The topological polar surface area (TPSA) is 38.1 Å². The molecule has 4 nitrogen and oxygen atoms in total. The molecule has 1 aliphatic rings. The number of halogens is 2. The Hall–Kier alpha value is -1.69. The van der Waals surface area contributed by atoms with Crippen LogP contribution >= 0.6 is 15.9 Å². The molecule has 6 heteroatoms. The zero-order chi connectivity index (χ0) is 15.4. The Labute approximate surface area is 130 Å². The van der Waals surface area contributed by atoms with Crippen molar-refractivity contribution in [2.45, 2.75) is 32.7 Å². The van der Waals surface area contributed by atoms with Gasteiger partial charge in [0.15, 0.2) is 0 Å². The summed E-state index contributed by atoms with van der Waals surface area (Å²) in [6, 6.07) is 3.21. The van der Waals surface area contributed by atoms with Gasteiger partial charge >= 0.3 is 0 Å². The van der Waals surface area contributed by atoms with Gasteiger partial charge in [0.05, 0.1) is 5.69 Å². The van der Waals surface area contributed by atoms with E-state index in [-0.39, 0.29) is 5.91 Å². The summed E-state index contributed by atoms with van der Waals surface area (Å²) in [4.78, 5) is 18.4. The van der Waals surface area contributed by atoms with Crippen molar-refractivity contribution in [2.75, 3.05) is 4.90 Å². The van der Waals surface area contributed by atoms with Crippen molar-refractivity contribution in [1.29, 1.82) is 0 Å². The molecule has 0 spiro atoms. The van der Waals surface area contributed by atoms with Crippen LogP contribution in [0.2, 0.25) is 0 Å². The number of amides is 1. The fraction of sp³-hybridized carbons (Fsp3) is 0.333. The molecule has 21 heavy (non-hydrogen) atoms. The summed E-state index contributed by atoms with van der Waals surface area (Å²) in [5.74, 6) is -0.149.